The molecule has 3 aromatic rings. The van der Waals surface area contributed by atoms with Crippen LogP contribution in [0.15, 0.2) is 30.5 Å². The molecule has 1 aliphatic rings. The van der Waals surface area contributed by atoms with Gasteiger partial charge in [-0.05, 0) is 45.0 Å². The predicted molar refractivity (Wildman–Crippen MR) is 138 cm³/mol. The molecule has 0 bridgehead atoms. The Morgan fingerprint density at radius 3 is 2.76 bits per heavy atom. The highest BCUT2D eigenvalue weighted by Crippen LogP contribution is 2.33. The van der Waals surface area contributed by atoms with Gasteiger partial charge in [-0.1, -0.05) is 0 Å². The zero-order chi connectivity index (χ0) is 23.4. The van der Waals surface area contributed by atoms with Crippen LogP contribution in [0.3, 0.4) is 0 Å². The number of carbonyl (C=O) groups is 1. The van der Waals surface area contributed by atoms with Crippen molar-refractivity contribution in [3.63, 3.8) is 0 Å². The number of ether oxygens (including phenoxy) is 3. The molecule has 1 amide bonds. The van der Waals surface area contributed by atoms with E-state index in [4.69, 9.17) is 14.2 Å². The van der Waals surface area contributed by atoms with Crippen molar-refractivity contribution in [3.05, 3.63) is 36.0 Å². The monoisotopic (exact) mass is 583 g/mol. The van der Waals surface area contributed by atoms with Crippen LogP contribution in [0.4, 0.5) is 11.6 Å². The van der Waals surface area contributed by atoms with Crippen LogP contribution in [0.1, 0.15) is 31.1 Å². The second-order valence-corrected chi connectivity index (χ2v) is 9.35. The van der Waals surface area contributed by atoms with Crippen LogP contribution in [0.2, 0.25) is 0 Å². The van der Waals surface area contributed by atoms with Gasteiger partial charge < -0.3 is 24.4 Å². The van der Waals surface area contributed by atoms with E-state index in [-0.39, 0.29) is 12.0 Å². The molecule has 0 unspecified atom stereocenters. The van der Waals surface area contributed by atoms with Gasteiger partial charge in [0.05, 0.1) is 37.0 Å². The number of carbonyl (C=O) groups excluding carboxylic acids is 1. The van der Waals surface area contributed by atoms with Gasteiger partial charge in [0.25, 0.3) is 5.91 Å². The standard InChI is InChI=1S/C22H26IN5O4S/c1-4-31-20-16-7-8-28(33-23)19(16)25-22(26-20)24-17-6-5-15(13-18(17)32-14(2)3)21(29)27-9-11-30-12-10-27/h5-8,13-14H,4,9-12H2,1-3H3,(H,24,25,26). The average Bonchev–Trinajstić information content (AvgIpc) is 3.23. The smallest absolute Gasteiger partial charge is 0.254 e. The van der Waals surface area contributed by atoms with Gasteiger partial charge in [-0.3, -0.25) is 8.77 Å². The van der Waals surface area contributed by atoms with Crippen LogP contribution in [-0.2, 0) is 4.74 Å². The van der Waals surface area contributed by atoms with Crippen molar-refractivity contribution in [2.45, 2.75) is 26.9 Å². The molecule has 0 atom stereocenters. The second kappa shape index (κ2) is 10.8. The van der Waals surface area contributed by atoms with E-state index in [1.807, 2.05) is 43.1 Å². The molecular formula is C22H26IN5O4S. The van der Waals surface area contributed by atoms with Gasteiger partial charge in [-0.15, -0.1) is 0 Å². The van der Waals surface area contributed by atoms with E-state index in [1.54, 1.807) is 17.0 Å². The number of fused-ring (bicyclic) bond motifs is 1. The van der Waals surface area contributed by atoms with Crippen LogP contribution >= 0.6 is 30.3 Å². The molecule has 1 aromatic carbocycles. The molecule has 1 fully saturated rings. The van der Waals surface area contributed by atoms with Crippen LogP contribution in [0, 0.1) is 0 Å². The first-order valence-electron chi connectivity index (χ1n) is 10.8. The molecule has 9 nitrogen and oxygen atoms in total. The minimum Gasteiger partial charge on any atom is -0.489 e. The van der Waals surface area contributed by atoms with E-state index in [1.165, 1.54) is 9.12 Å². The molecule has 1 N–H and O–H groups in total. The summed E-state index contributed by atoms with van der Waals surface area (Å²) in [6, 6.07) is 7.32. The van der Waals surface area contributed by atoms with E-state index in [9.17, 15) is 4.79 Å². The number of amides is 1. The number of anilines is 2. The minimum atomic E-state index is -0.0747. The number of hydrogen-bond donors (Lipinski definition) is 1. The predicted octanol–water partition coefficient (Wildman–Crippen LogP) is 4.68. The first kappa shape index (κ1) is 23.9. The fourth-order valence-electron chi connectivity index (χ4n) is 3.50. The minimum absolute atomic E-state index is 0.0355. The molecule has 4 rings (SSSR count). The summed E-state index contributed by atoms with van der Waals surface area (Å²) in [4.78, 5) is 24.0. The van der Waals surface area contributed by atoms with Gasteiger partial charge >= 0.3 is 0 Å². The summed E-state index contributed by atoms with van der Waals surface area (Å²) in [5, 5.41) is 4.10. The Labute approximate surface area is 208 Å². The third-order valence-corrected chi connectivity index (χ3v) is 6.68. The molecule has 33 heavy (non-hydrogen) atoms. The summed E-state index contributed by atoms with van der Waals surface area (Å²) in [6.07, 6.45) is 1.86. The number of rotatable bonds is 8. The lowest BCUT2D eigenvalue weighted by Gasteiger charge is -2.27. The summed E-state index contributed by atoms with van der Waals surface area (Å²) >= 11 is 2.21. The molecule has 11 heteroatoms. The van der Waals surface area contributed by atoms with Crippen LogP contribution < -0.4 is 14.8 Å². The third-order valence-electron chi connectivity index (χ3n) is 4.97. The van der Waals surface area contributed by atoms with Crippen molar-refractivity contribution in [1.82, 2.24) is 18.8 Å². The highest BCUT2D eigenvalue weighted by atomic mass is 127. The van der Waals surface area contributed by atoms with E-state index in [0.29, 0.717) is 61.7 Å². The van der Waals surface area contributed by atoms with Gasteiger partial charge in [0.2, 0.25) is 11.8 Å². The van der Waals surface area contributed by atoms with E-state index >= 15 is 0 Å². The maximum absolute atomic E-state index is 13.0. The van der Waals surface area contributed by atoms with Gasteiger partial charge in [0.1, 0.15) is 5.75 Å². The first-order valence-corrected chi connectivity index (χ1v) is 14.1. The van der Waals surface area contributed by atoms with E-state index in [0.717, 1.165) is 11.0 Å². The lowest BCUT2D eigenvalue weighted by atomic mass is 10.1. The summed E-state index contributed by atoms with van der Waals surface area (Å²) < 4.78 is 19.1. The van der Waals surface area contributed by atoms with Gasteiger partial charge in [-0.2, -0.15) is 9.97 Å². The number of hydrogen-bond acceptors (Lipinski definition) is 8. The summed E-state index contributed by atoms with van der Waals surface area (Å²) in [7, 11) is 1.51. The fourth-order valence-corrected chi connectivity index (χ4v) is 4.77. The summed E-state index contributed by atoms with van der Waals surface area (Å²) in [5.41, 5.74) is 1.99. The van der Waals surface area contributed by atoms with Crippen molar-refractivity contribution in [2.75, 3.05) is 38.2 Å². The van der Waals surface area contributed by atoms with Crippen LogP contribution in [0.5, 0.6) is 11.6 Å². The summed E-state index contributed by atoms with van der Waals surface area (Å²) in [5.74, 6) is 1.42. The zero-order valence-corrected chi connectivity index (χ0v) is 21.7. The maximum atomic E-state index is 13.0. The topological polar surface area (TPSA) is 90.7 Å². The third kappa shape index (κ3) is 5.46. The van der Waals surface area contributed by atoms with Gasteiger partial charge in [0, 0.05) is 55.2 Å². The average molecular weight is 583 g/mol. The van der Waals surface area contributed by atoms with Crippen molar-refractivity contribution >= 4 is 58.9 Å². The Balaban J connectivity index is 1.68. The quantitative estimate of drug-likeness (QED) is 0.383. The molecule has 2 aromatic heterocycles. The molecule has 1 aliphatic heterocycles. The number of morpholine rings is 1. The molecule has 176 valence electrons. The lowest BCUT2D eigenvalue weighted by molar-refractivity contribution is 0.0302. The van der Waals surface area contributed by atoms with Crippen molar-refractivity contribution in [2.24, 2.45) is 0 Å². The summed E-state index contributed by atoms with van der Waals surface area (Å²) in [6.45, 7) is 8.59. The molecule has 0 spiro atoms. The van der Waals surface area contributed by atoms with Crippen molar-refractivity contribution < 1.29 is 19.0 Å². The zero-order valence-electron chi connectivity index (χ0n) is 18.7. The second-order valence-electron chi connectivity index (χ2n) is 7.64. The van der Waals surface area contributed by atoms with Gasteiger partial charge in [-0.25, -0.2) is 0 Å². The number of nitrogens with one attached hydrogen (secondary N) is 1. The van der Waals surface area contributed by atoms with Crippen molar-refractivity contribution in [3.8, 4) is 11.6 Å². The SMILES string of the molecule is CCOc1nc(Nc2ccc(C(=O)N3CCOCC3)cc2OC(C)C)nc2c1ccn2SI. The molecule has 1 saturated heterocycles. The Morgan fingerprint density at radius 2 is 2.06 bits per heavy atom. The number of halogens is 1. The number of benzene rings is 1. The Morgan fingerprint density at radius 1 is 1.27 bits per heavy atom. The fraction of sp³-hybridized carbons (Fsp3) is 0.409. The molecular weight excluding hydrogens is 557 g/mol. The largest absolute Gasteiger partial charge is 0.489 e. The molecule has 0 aliphatic carbocycles. The normalized spacial score (nSPS) is 14.0. The van der Waals surface area contributed by atoms with Crippen LogP contribution in [0.25, 0.3) is 11.0 Å². The lowest BCUT2D eigenvalue weighted by Crippen LogP contribution is -2.40. The molecule has 0 saturated carbocycles. The Hall–Kier alpha value is -2.25. The molecule has 0 radical (unpaired) electrons. The van der Waals surface area contributed by atoms with Crippen molar-refractivity contribution in [1.29, 1.82) is 0 Å². The van der Waals surface area contributed by atoms with Gasteiger partial charge in [0.15, 0.2) is 5.65 Å². The van der Waals surface area contributed by atoms with E-state index in [2.05, 4.69) is 36.5 Å². The maximum Gasteiger partial charge on any atom is 0.254 e. The van der Waals surface area contributed by atoms with E-state index < -0.39 is 0 Å². The highest BCUT2D eigenvalue weighted by Gasteiger charge is 2.21. The first-order chi connectivity index (χ1) is 16.0. The van der Waals surface area contributed by atoms with Crippen LogP contribution in [-0.4, -0.2) is 63.8 Å². The molecule has 3 heterocycles. The Bertz CT molecular complexity index is 1130. The Kier molecular flexibility index (Phi) is 7.81. The number of nitrogens with zero attached hydrogens (tertiary/aromatic N) is 4. The number of aromatic nitrogens is 3. The highest BCUT2D eigenvalue weighted by molar-refractivity contribution is 14.2.